The number of pyridine rings is 1. The van der Waals surface area contributed by atoms with Crippen molar-refractivity contribution in [2.45, 2.75) is 26.2 Å². The van der Waals surface area contributed by atoms with Gasteiger partial charge in [0.2, 0.25) is 0 Å². The Kier molecular flexibility index (Phi) is 3.16. The number of rotatable bonds is 1. The van der Waals surface area contributed by atoms with Gasteiger partial charge in [-0.25, -0.2) is 0 Å². The van der Waals surface area contributed by atoms with E-state index in [1.807, 2.05) is 18.2 Å². The monoisotopic (exact) mass is 243 g/mol. The highest BCUT2D eigenvalue weighted by Crippen LogP contribution is 2.25. The van der Waals surface area contributed by atoms with Gasteiger partial charge >= 0.3 is 0 Å². The maximum Gasteiger partial charge on any atom is 0.103 e. The fraction of sp³-hybridized carbons (Fsp3) is 0.267. The summed E-state index contributed by atoms with van der Waals surface area (Å²) in [6, 6.07) is 14.6. The molecule has 0 radical (unpaired) electrons. The number of nitrogens with one attached hydrogen (secondary N) is 1. The number of hydrogen-bond donors (Lipinski definition) is 1. The molecule has 0 saturated heterocycles. The van der Waals surface area contributed by atoms with Crippen molar-refractivity contribution in [3.8, 4) is 11.3 Å². The van der Waals surface area contributed by atoms with Crippen molar-refractivity contribution in [1.29, 1.82) is 0 Å². The third kappa shape index (κ3) is 2.83. The Hall–Kier alpha value is -1.41. The van der Waals surface area contributed by atoms with Crippen molar-refractivity contribution in [3.63, 3.8) is 0 Å². The predicted octanol–water partition coefficient (Wildman–Crippen LogP) is 4.71. The molecule has 0 aliphatic heterocycles. The lowest BCUT2D eigenvalue weighted by Crippen LogP contribution is -2.10. The van der Waals surface area contributed by atoms with Crippen LogP contribution in [-0.4, -0.2) is 4.98 Å². The first-order valence-electron chi connectivity index (χ1n) is 5.77. The Balaban J connectivity index is 2.39. The molecule has 88 valence electrons. The lowest BCUT2D eigenvalue weighted by atomic mass is 9.86. The Morgan fingerprint density at radius 3 is 2.12 bits per heavy atom. The summed E-state index contributed by atoms with van der Waals surface area (Å²) in [5.74, 6) is 0. The van der Waals surface area contributed by atoms with Crippen LogP contribution in [0.3, 0.4) is 0 Å². The second-order valence-electron chi connectivity index (χ2n) is 5.26. The predicted molar refractivity (Wildman–Crippen MR) is 75.8 cm³/mol. The number of aromatic nitrogens is 1. The van der Waals surface area contributed by atoms with Crippen molar-refractivity contribution in [2.24, 2.45) is 0 Å². The molecule has 0 aliphatic rings. The van der Waals surface area contributed by atoms with E-state index in [1.165, 1.54) is 11.1 Å². The van der Waals surface area contributed by atoms with Gasteiger partial charge in [-0.2, -0.15) is 0 Å². The molecule has 1 aromatic carbocycles. The summed E-state index contributed by atoms with van der Waals surface area (Å²) in [6.07, 6.45) is 0. The molecular formula is C15H17NS. The first-order valence-corrected chi connectivity index (χ1v) is 6.18. The molecule has 0 unspecified atom stereocenters. The van der Waals surface area contributed by atoms with Gasteiger partial charge in [0.25, 0.3) is 0 Å². The molecule has 0 aliphatic carbocycles. The minimum Gasteiger partial charge on any atom is -0.346 e. The number of benzene rings is 1. The summed E-state index contributed by atoms with van der Waals surface area (Å²) < 4.78 is 0.766. The smallest absolute Gasteiger partial charge is 0.103 e. The van der Waals surface area contributed by atoms with E-state index in [9.17, 15) is 0 Å². The molecule has 2 heteroatoms. The van der Waals surface area contributed by atoms with E-state index < -0.39 is 0 Å². The summed E-state index contributed by atoms with van der Waals surface area (Å²) >= 11 is 5.13. The van der Waals surface area contributed by atoms with Crippen molar-refractivity contribution < 1.29 is 0 Å². The molecule has 0 spiro atoms. The quantitative estimate of drug-likeness (QED) is 0.717. The third-order valence-electron chi connectivity index (χ3n) is 2.83. The van der Waals surface area contributed by atoms with Crippen LogP contribution in [0, 0.1) is 4.64 Å². The highest BCUT2D eigenvalue weighted by atomic mass is 32.1. The Labute approximate surface area is 108 Å². The first kappa shape index (κ1) is 12.1. The Bertz CT molecular complexity index is 558. The van der Waals surface area contributed by atoms with Gasteiger partial charge in [0.15, 0.2) is 0 Å². The van der Waals surface area contributed by atoms with Gasteiger partial charge in [0.1, 0.15) is 4.64 Å². The van der Waals surface area contributed by atoms with Crippen molar-refractivity contribution in [1.82, 2.24) is 4.98 Å². The maximum absolute atomic E-state index is 5.13. The highest BCUT2D eigenvalue weighted by molar-refractivity contribution is 7.71. The van der Waals surface area contributed by atoms with Crippen LogP contribution in [0.1, 0.15) is 26.3 Å². The molecule has 1 heterocycles. The van der Waals surface area contributed by atoms with Gasteiger partial charge in [-0.15, -0.1) is 0 Å². The molecule has 0 atom stereocenters. The van der Waals surface area contributed by atoms with E-state index in [0.717, 1.165) is 10.3 Å². The van der Waals surface area contributed by atoms with Crippen LogP contribution in [0.5, 0.6) is 0 Å². The van der Waals surface area contributed by atoms with E-state index in [1.54, 1.807) is 0 Å². The number of aromatic amines is 1. The van der Waals surface area contributed by atoms with Crippen LogP contribution < -0.4 is 0 Å². The molecule has 17 heavy (non-hydrogen) atoms. The normalized spacial score (nSPS) is 11.5. The van der Waals surface area contributed by atoms with E-state index in [-0.39, 0.29) is 5.41 Å². The molecule has 1 aromatic heterocycles. The topological polar surface area (TPSA) is 15.8 Å². The van der Waals surface area contributed by atoms with E-state index in [0.29, 0.717) is 0 Å². The van der Waals surface area contributed by atoms with Gasteiger partial charge in [-0.05, 0) is 28.7 Å². The zero-order valence-electron chi connectivity index (χ0n) is 10.4. The second-order valence-corrected chi connectivity index (χ2v) is 5.70. The highest BCUT2D eigenvalue weighted by Gasteiger charge is 2.12. The Morgan fingerprint density at radius 1 is 0.941 bits per heavy atom. The standard InChI is InChI=1S/C15H17NS/c1-15(2,3)12-9-7-11(8-10-12)13-5-4-6-14(17)16-13/h4-10H,1-3H3,(H,16,17). The summed E-state index contributed by atoms with van der Waals surface area (Å²) in [5, 5.41) is 0. The molecule has 0 bridgehead atoms. The molecule has 1 nitrogen and oxygen atoms in total. The second kappa shape index (κ2) is 4.46. The van der Waals surface area contributed by atoms with Crippen molar-refractivity contribution in [3.05, 3.63) is 52.7 Å². The van der Waals surface area contributed by atoms with E-state index >= 15 is 0 Å². The SMILES string of the molecule is CC(C)(C)c1ccc(-c2cccc(=S)[nH]2)cc1. The van der Waals surface area contributed by atoms with Crippen LogP contribution in [-0.2, 0) is 5.41 Å². The number of hydrogen-bond acceptors (Lipinski definition) is 1. The summed E-state index contributed by atoms with van der Waals surface area (Å²) in [4.78, 5) is 3.20. The number of H-pyrrole nitrogens is 1. The van der Waals surface area contributed by atoms with E-state index in [2.05, 4.69) is 50.0 Å². The maximum atomic E-state index is 5.13. The third-order valence-corrected chi connectivity index (χ3v) is 3.07. The van der Waals surface area contributed by atoms with Gasteiger partial charge in [0.05, 0.1) is 0 Å². The van der Waals surface area contributed by atoms with Crippen molar-refractivity contribution >= 4 is 12.2 Å². The van der Waals surface area contributed by atoms with Gasteiger partial charge in [0, 0.05) is 5.69 Å². The van der Waals surface area contributed by atoms with Crippen LogP contribution in [0.15, 0.2) is 42.5 Å². The average Bonchev–Trinajstić information content (AvgIpc) is 2.28. The van der Waals surface area contributed by atoms with Crippen molar-refractivity contribution in [2.75, 3.05) is 0 Å². The van der Waals surface area contributed by atoms with Crippen LogP contribution in [0.4, 0.5) is 0 Å². The molecule has 1 N–H and O–H groups in total. The molecule has 0 amide bonds. The first-order chi connectivity index (χ1) is 7.97. The summed E-state index contributed by atoms with van der Waals surface area (Å²) in [6.45, 7) is 6.66. The average molecular weight is 243 g/mol. The summed E-state index contributed by atoms with van der Waals surface area (Å²) in [5.41, 5.74) is 3.78. The zero-order chi connectivity index (χ0) is 12.5. The minimum atomic E-state index is 0.197. The molecule has 0 fully saturated rings. The fourth-order valence-corrected chi connectivity index (χ4v) is 1.95. The molecule has 0 saturated carbocycles. The summed E-state index contributed by atoms with van der Waals surface area (Å²) in [7, 11) is 0. The van der Waals surface area contributed by atoms with Crippen LogP contribution in [0.25, 0.3) is 11.3 Å². The van der Waals surface area contributed by atoms with Crippen LogP contribution in [0.2, 0.25) is 0 Å². The Morgan fingerprint density at radius 2 is 1.59 bits per heavy atom. The molecule has 2 rings (SSSR count). The van der Waals surface area contributed by atoms with Gasteiger partial charge in [-0.3, -0.25) is 0 Å². The zero-order valence-corrected chi connectivity index (χ0v) is 11.3. The lowest BCUT2D eigenvalue weighted by molar-refractivity contribution is 0.590. The van der Waals surface area contributed by atoms with Gasteiger partial charge < -0.3 is 4.98 Å². The molecule has 2 aromatic rings. The fourth-order valence-electron chi connectivity index (χ4n) is 1.77. The van der Waals surface area contributed by atoms with Crippen LogP contribution >= 0.6 is 12.2 Å². The largest absolute Gasteiger partial charge is 0.346 e. The lowest BCUT2D eigenvalue weighted by Gasteiger charge is -2.19. The van der Waals surface area contributed by atoms with Gasteiger partial charge in [-0.1, -0.05) is 63.3 Å². The van der Waals surface area contributed by atoms with E-state index in [4.69, 9.17) is 12.2 Å². The molecular weight excluding hydrogens is 226 g/mol. The minimum absolute atomic E-state index is 0.197.